The average Bonchev–Trinajstić information content (AvgIpc) is 2.97. The van der Waals surface area contributed by atoms with Gasteiger partial charge in [-0.2, -0.15) is 5.26 Å². The van der Waals surface area contributed by atoms with Gasteiger partial charge in [0.1, 0.15) is 11.4 Å². The number of aryl methyl sites for hydroxylation is 1. The Kier molecular flexibility index (Phi) is 4.50. The van der Waals surface area contributed by atoms with E-state index in [4.69, 9.17) is 21.6 Å². The van der Waals surface area contributed by atoms with Gasteiger partial charge in [0.05, 0.1) is 36.0 Å². The van der Waals surface area contributed by atoms with Crippen LogP contribution >= 0.6 is 11.6 Å². The van der Waals surface area contributed by atoms with E-state index in [0.29, 0.717) is 34.3 Å². The first kappa shape index (κ1) is 16.0. The normalized spacial score (nSPS) is 10.4. The lowest BCUT2D eigenvalue weighted by Gasteiger charge is -2.13. The fourth-order valence-electron chi connectivity index (χ4n) is 2.53. The maximum Gasteiger partial charge on any atom is 0.130 e. The number of imidazole rings is 1. The Balaban J connectivity index is 2.20. The molecule has 0 aliphatic rings. The summed E-state index contributed by atoms with van der Waals surface area (Å²) in [5.41, 5.74) is 3.61. The highest BCUT2D eigenvalue weighted by atomic mass is 35.5. The summed E-state index contributed by atoms with van der Waals surface area (Å²) in [6, 6.07) is 11.0. The minimum absolute atomic E-state index is 0.530. The molecule has 2 aromatic heterocycles. The first-order valence-corrected chi connectivity index (χ1v) is 7.82. The molecule has 120 valence electrons. The summed E-state index contributed by atoms with van der Waals surface area (Å²) in [6.07, 6.45) is 3.33. The van der Waals surface area contributed by atoms with E-state index < -0.39 is 0 Å². The van der Waals surface area contributed by atoms with Crippen molar-refractivity contribution in [3.63, 3.8) is 0 Å². The molecular weight excluding hydrogens is 324 g/mol. The Morgan fingerprint density at radius 2 is 2.08 bits per heavy atom. The molecule has 0 bridgehead atoms. The van der Waals surface area contributed by atoms with Gasteiger partial charge in [0.15, 0.2) is 0 Å². The molecule has 0 saturated carbocycles. The van der Waals surface area contributed by atoms with Crippen LogP contribution in [-0.2, 0) is 7.05 Å². The number of nitrogens with zero attached hydrogens (tertiary/aromatic N) is 4. The Hall–Kier alpha value is -2.84. The molecule has 24 heavy (non-hydrogen) atoms. The van der Waals surface area contributed by atoms with Crippen molar-refractivity contribution >= 4 is 11.6 Å². The van der Waals surface area contributed by atoms with Crippen LogP contribution in [0.15, 0.2) is 42.9 Å². The Morgan fingerprint density at radius 1 is 1.25 bits per heavy atom. The van der Waals surface area contributed by atoms with Gasteiger partial charge in [-0.15, -0.1) is 0 Å². The van der Waals surface area contributed by atoms with Gasteiger partial charge < -0.3 is 9.30 Å². The van der Waals surface area contributed by atoms with Gasteiger partial charge in [0, 0.05) is 23.8 Å². The molecule has 5 nitrogen and oxygen atoms in total. The molecule has 0 N–H and O–H groups in total. The summed E-state index contributed by atoms with van der Waals surface area (Å²) in [7, 11) is 1.91. The molecule has 0 aliphatic carbocycles. The number of aromatic nitrogens is 3. The predicted octanol–water partition coefficient (Wildman–Crippen LogP) is 4.07. The van der Waals surface area contributed by atoms with Crippen LogP contribution in [-0.4, -0.2) is 21.1 Å². The highest BCUT2D eigenvalue weighted by Gasteiger charge is 2.18. The summed E-state index contributed by atoms with van der Waals surface area (Å²) in [6.45, 7) is 2.45. The molecule has 3 aromatic rings. The van der Waals surface area contributed by atoms with Gasteiger partial charge in [-0.25, -0.2) is 4.98 Å². The number of hydrogen-bond donors (Lipinski definition) is 0. The Morgan fingerprint density at radius 3 is 2.83 bits per heavy atom. The maximum absolute atomic E-state index is 9.11. The van der Waals surface area contributed by atoms with Crippen LogP contribution < -0.4 is 4.74 Å². The molecule has 0 amide bonds. The van der Waals surface area contributed by atoms with E-state index >= 15 is 0 Å². The van der Waals surface area contributed by atoms with Gasteiger partial charge in [0.25, 0.3) is 0 Å². The molecule has 2 heterocycles. The van der Waals surface area contributed by atoms with E-state index in [1.807, 2.05) is 30.7 Å². The minimum Gasteiger partial charge on any atom is -0.493 e. The predicted molar refractivity (Wildman–Crippen MR) is 92.8 cm³/mol. The quantitative estimate of drug-likeness (QED) is 0.719. The fourth-order valence-corrected chi connectivity index (χ4v) is 2.69. The second-order valence-electron chi connectivity index (χ2n) is 5.17. The number of ether oxygens (including phenoxy) is 1. The first-order valence-electron chi connectivity index (χ1n) is 7.44. The molecule has 0 unspecified atom stereocenters. The zero-order chi connectivity index (χ0) is 17.1. The number of pyridine rings is 1. The molecular formula is C18H15ClN4O. The topological polar surface area (TPSA) is 63.7 Å². The van der Waals surface area contributed by atoms with Gasteiger partial charge in [-0.3, -0.25) is 4.98 Å². The highest BCUT2D eigenvalue weighted by Crippen LogP contribution is 2.37. The molecule has 0 spiro atoms. The number of hydrogen-bond acceptors (Lipinski definition) is 4. The van der Waals surface area contributed by atoms with Gasteiger partial charge in [0.2, 0.25) is 0 Å². The molecule has 0 saturated heterocycles. The van der Waals surface area contributed by atoms with Crippen LogP contribution in [0.4, 0.5) is 0 Å². The van der Waals surface area contributed by atoms with Crippen LogP contribution in [0.1, 0.15) is 12.5 Å². The Labute approximate surface area is 145 Å². The summed E-state index contributed by atoms with van der Waals surface area (Å²) in [5, 5.41) is 9.71. The first-order chi connectivity index (χ1) is 11.6. The second kappa shape index (κ2) is 6.73. The number of nitriles is 1. The van der Waals surface area contributed by atoms with Gasteiger partial charge in [-0.1, -0.05) is 11.6 Å². The van der Waals surface area contributed by atoms with Crippen molar-refractivity contribution in [1.82, 2.24) is 14.5 Å². The lowest BCUT2D eigenvalue weighted by atomic mass is 10.1. The van der Waals surface area contributed by atoms with Crippen LogP contribution in [0, 0.1) is 11.3 Å². The Bertz CT molecular complexity index is 927. The van der Waals surface area contributed by atoms with Crippen LogP contribution in [0.5, 0.6) is 5.75 Å². The van der Waals surface area contributed by atoms with E-state index in [9.17, 15) is 0 Å². The third kappa shape index (κ3) is 2.97. The third-order valence-electron chi connectivity index (χ3n) is 3.57. The van der Waals surface area contributed by atoms with Crippen molar-refractivity contribution in [2.24, 2.45) is 7.05 Å². The molecule has 0 atom stereocenters. The van der Waals surface area contributed by atoms with Gasteiger partial charge >= 0.3 is 0 Å². The van der Waals surface area contributed by atoms with Crippen LogP contribution in [0.25, 0.3) is 22.6 Å². The van der Waals surface area contributed by atoms with Crippen molar-refractivity contribution < 1.29 is 4.74 Å². The summed E-state index contributed by atoms with van der Waals surface area (Å²) >= 11 is 6.10. The van der Waals surface area contributed by atoms with Crippen molar-refractivity contribution in [3.05, 3.63) is 53.4 Å². The summed E-state index contributed by atoms with van der Waals surface area (Å²) in [4.78, 5) is 8.82. The van der Waals surface area contributed by atoms with Crippen molar-refractivity contribution in [2.45, 2.75) is 6.92 Å². The van der Waals surface area contributed by atoms with Crippen LogP contribution in [0.3, 0.4) is 0 Å². The standard InChI is InChI=1S/C18H15ClN4O/c1-3-24-16-9-13(19)4-5-14(16)18-17(22-11-23(18)2)15-8-12(10-20)6-7-21-15/h4-9,11H,3H2,1-2H3. The number of benzene rings is 1. The number of halogens is 1. The van der Waals surface area contributed by atoms with E-state index in [-0.39, 0.29) is 0 Å². The zero-order valence-corrected chi connectivity index (χ0v) is 14.1. The third-order valence-corrected chi connectivity index (χ3v) is 3.80. The van der Waals surface area contributed by atoms with Crippen molar-refractivity contribution in [3.8, 4) is 34.5 Å². The summed E-state index contributed by atoms with van der Waals surface area (Å²) in [5.74, 6) is 0.686. The second-order valence-corrected chi connectivity index (χ2v) is 5.60. The largest absolute Gasteiger partial charge is 0.493 e. The van der Waals surface area contributed by atoms with Gasteiger partial charge in [-0.05, 0) is 37.3 Å². The average molecular weight is 339 g/mol. The van der Waals surface area contributed by atoms with Crippen molar-refractivity contribution in [1.29, 1.82) is 5.26 Å². The molecule has 0 fully saturated rings. The van der Waals surface area contributed by atoms with Crippen molar-refractivity contribution in [2.75, 3.05) is 6.61 Å². The highest BCUT2D eigenvalue weighted by molar-refractivity contribution is 6.30. The molecule has 0 radical (unpaired) electrons. The van der Waals surface area contributed by atoms with E-state index in [0.717, 1.165) is 11.3 Å². The molecule has 6 heteroatoms. The lowest BCUT2D eigenvalue weighted by Crippen LogP contribution is -1.98. The minimum atomic E-state index is 0.530. The zero-order valence-electron chi connectivity index (χ0n) is 13.3. The lowest BCUT2D eigenvalue weighted by molar-refractivity contribution is 0.341. The SMILES string of the molecule is CCOc1cc(Cl)ccc1-c1c(-c2cc(C#N)ccn2)ncn1C. The van der Waals surface area contributed by atoms with E-state index in [1.165, 1.54) is 0 Å². The number of rotatable bonds is 4. The van der Waals surface area contributed by atoms with Crippen LogP contribution in [0.2, 0.25) is 5.02 Å². The monoisotopic (exact) mass is 338 g/mol. The molecule has 3 rings (SSSR count). The maximum atomic E-state index is 9.11. The molecule has 0 aliphatic heterocycles. The fraction of sp³-hybridized carbons (Fsp3) is 0.167. The smallest absolute Gasteiger partial charge is 0.130 e. The van der Waals surface area contributed by atoms with E-state index in [2.05, 4.69) is 16.0 Å². The summed E-state index contributed by atoms with van der Waals surface area (Å²) < 4.78 is 7.64. The molecule has 1 aromatic carbocycles. The van der Waals surface area contributed by atoms with E-state index in [1.54, 1.807) is 30.7 Å².